The predicted octanol–water partition coefficient (Wildman–Crippen LogP) is 3.41. The van der Waals surface area contributed by atoms with Gasteiger partial charge in [0.25, 0.3) is 0 Å². The molecule has 1 heterocycles. The van der Waals surface area contributed by atoms with E-state index in [1.807, 2.05) is 48.5 Å². The van der Waals surface area contributed by atoms with E-state index in [-0.39, 0.29) is 5.91 Å². The normalized spacial score (nSPS) is 14.2. The van der Waals surface area contributed by atoms with Crippen LogP contribution in [-0.2, 0) is 24.8 Å². The van der Waals surface area contributed by atoms with Crippen molar-refractivity contribution in [1.82, 2.24) is 9.47 Å². The Morgan fingerprint density at radius 1 is 1.29 bits per heavy atom. The molecule has 0 saturated heterocycles. The summed E-state index contributed by atoms with van der Waals surface area (Å²) in [7, 11) is 2.02. The summed E-state index contributed by atoms with van der Waals surface area (Å²) in [5, 5.41) is 0.703. The molecule has 1 fully saturated rings. The van der Waals surface area contributed by atoms with E-state index in [0.717, 1.165) is 18.4 Å². The van der Waals surface area contributed by atoms with Crippen LogP contribution in [0.15, 0.2) is 42.6 Å². The highest BCUT2D eigenvalue weighted by molar-refractivity contribution is 6.30. The van der Waals surface area contributed by atoms with Crippen LogP contribution in [0.4, 0.5) is 0 Å². The largest absolute Gasteiger partial charge is 0.353 e. The zero-order valence-corrected chi connectivity index (χ0v) is 12.9. The van der Waals surface area contributed by atoms with Crippen LogP contribution in [0.1, 0.15) is 24.1 Å². The fraction of sp³-hybridized carbons (Fsp3) is 0.353. The summed E-state index contributed by atoms with van der Waals surface area (Å²) in [5.41, 5.74) is 2.19. The molecule has 1 aromatic heterocycles. The maximum atomic E-state index is 12.6. The third-order valence-electron chi connectivity index (χ3n) is 3.96. The fourth-order valence-electron chi connectivity index (χ4n) is 2.52. The molecule has 3 nitrogen and oxygen atoms in total. The Bertz CT molecular complexity index is 628. The molecule has 1 aliphatic rings. The average Bonchev–Trinajstić information content (AvgIpc) is 3.22. The quantitative estimate of drug-likeness (QED) is 0.831. The van der Waals surface area contributed by atoms with Gasteiger partial charge in [0.15, 0.2) is 0 Å². The molecule has 0 radical (unpaired) electrons. The Balaban J connectivity index is 1.70. The van der Waals surface area contributed by atoms with E-state index in [2.05, 4.69) is 10.6 Å². The molecular formula is C17H19ClN2O. The Hall–Kier alpha value is -1.74. The van der Waals surface area contributed by atoms with Crippen LogP contribution in [0.25, 0.3) is 0 Å². The predicted molar refractivity (Wildman–Crippen MR) is 84.1 cm³/mol. The van der Waals surface area contributed by atoms with E-state index in [1.165, 1.54) is 5.69 Å². The number of carbonyl (C=O) groups is 1. The van der Waals surface area contributed by atoms with Gasteiger partial charge < -0.3 is 9.47 Å². The lowest BCUT2D eigenvalue weighted by atomic mass is 10.1. The van der Waals surface area contributed by atoms with Gasteiger partial charge in [-0.2, -0.15) is 0 Å². The number of carbonyl (C=O) groups excluding carboxylic acids is 1. The Labute approximate surface area is 130 Å². The van der Waals surface area contributed by atoms with Gasteiger partial charge in [0, 0.05) is 30.0 Å². The summed E-state index contributed by atoms with van der Waals surface area (Å²) in [6, 6.07) is 12.0. The molecule has 0 bridgehead atoms. The van der Waals surface area contributed by atoms with Gasteiger partial charge in [0.05, 0.1) is 13.0 Å². The van der Waals surface area contributed by atoms with Gasteiger partial charge in [-0.25, -0.2) is 0 Å². The first kappa shape index (κ1) is 14.2. The van der Waals surface area contributed by atoms with Crippen molar-refractivity contribution in [1.29, 1.82) is 0 Å². The first-order valence-corrected chi connectivity index (χ1v) is 7.65. The van der Waals surface area contributed by atoms with Crippen molar-refractivity contribution in [2.45, 2.75) is 31.8 Å². The Morgan fingerprint density at radius 3 is 2.57 bits per heavy atom. The molecule has 2 aromatic rings. The second kappa shape index (κ2) is 5.94. The number of rotatable bonds is 5. The first-order chi connectivity index (χ1) is 10.1. The summed E-state index contributed by atoms with van der Waals surface area (Å²) in [4.78, 5) is 14.6. The number of benzene rings is 1. The Kier molecular flexibility index (Phi) is 4.02. The van der Waals surface area contributed by atoms with Gasteiger partial charge in [-0.05, 0) is 42.7 Å². The summed E-state index contributed by atoms with van der Waals surface area (Å²) in [6.45, 7) is 0.695. The number of amides is 1. The molecule has 3 rings (SSSR count). The standard InChI is InChI=1S/C17H19ClN2O/c1-19-10-2-3-16(19)12-20(15-8-9-15)17(21)11-13-4-6-14(18)7-5-13/h2-7,10,15H,8-9,11-12H2,1H3. The molecule has 1 aliphatic carbocycles. The van der Waals surface area contributed by atoms with E-state index >= 15 is 0 Å². The summed E-state index contributed by atoms with van der Waals surface area (Å²) in [6.07, 6.45) is 4.70. The maximum absolute atomic E-state index is 12.6. The van der Waals surface area contributed by atoms with E-state index in [1.54, 1.807) is 0 Å². The SMILES string of the molecule is Cn1cccc1CN(C(=O)Cc1ccc(Cl)cc1)C1CC1. The van der Waals surface area contributed by atoms with Gasteiger partial charge in [-0.1, -0.05) is 23.7 Å². The molecule has 0 spiro atoms. The minimum absolute atomic E-state index is 0.195. The molecule has 4 heteroatoms. The maximum Gasteiger partial charge on any atom is 0.227 e. The molecule has 110 valence electrons. The zero-order chi connectivity index (χ0) is 14.8. The highest BCUT2D eigenvalue weighted by atomic mass is 35.5. The second-order valence-corrected chi connectivity index (χ2v) is 6.10. The highest BCUT2D eigenvalue weighted by Gasteiger charge is 2.32. The van der Waals surface area contributed by atoms with Crippen LogP contribution in [0.5, 0.6) is 0 Å². The van der Waals surface area contributed by atoms with Gasteiger partial charge in [0.1, 0.15) is 0 Å². The minimum Gasteiger partial charge on any atom is -0.353 e. The van der Waals surface area contributed by atoms with E-state index in [4.69, 9.17) is 11.6 Å². The molecule has 1 saturated carbocycles. The van der Waals surface area contributed by atoms with E-state index in [9.17, 15) is 4.79 Å². The molecule has 0 unspecified atom stereocenters. The van der Waals surface area contributed by atoms with Crippen molar-refractivity contribution in [3.05, 3.63) is 58.9 Å². The number of aryl methyl sites for hydroxylation is 1. The van der Waals surface area contributed by atoms with Crippen molar-refractivity contribution in [3.8, 4) is 0 Å². The Morgan fingerprint density at radius 2 is 2.00 bits per heavy atom. The van der Waals surface area contributed by atoms with Crippen LogP contribution < -0.4 is 0 Å². The van der Waals surface area contributed by atoms with E-state index < -0.39 is 0 Å². The van der Waals surface area contributed by atoms with Crippen LogP contribution in [0.2, 0.25) is 5.02 Å². The number of halogens is 1. The highest BCUT2D eigenvalue weighted by Crippen LogP contribution is 2.29. The molecule has 0 N–H and O–H groups in total. The minimum atomic E-state index is 0.195. The van der Waals surface area contributed by atoms with Crippen molar-refractivity contribution >= 4 is 17.5 Å². The molecule has 1 amide bonds. The van der Waals surface area contributed by atoms with Gasteiger partial charge in [-0.15, -0.1) is 0 Å². The van der Waals surface area contributed by atoms with Crippen molar-refractivity contribution in [2.24, 2.45) is 7.05 Å². The van der Waals surface area contributed by atoms with Crippen molar-refractivity contribution in [3.63, 3.8) is 0 Å². The van der Waals surface area contributed by atoms with Crippen molar-refractivity contribution in [2.75, 3.05) is 0 Å². The first-order valence-electron chi connectivity index (χ1n) is 7.27. The molecule has 21 heavy (non-hydrogen) atoms. The summed E-state index contributed by atoms with van der Waals surface area (Å²) < 4.78 is 2.07. The fourth-order valence-corrected chi connectivity index (χ4v) is 2.65. The lowest BCUT2D eigenvalue weighted by Gasteiger charge is -2.23. The lowest BCUT2D eigenvalue weighted by Crippen LogP contribution is -2.34. The third-order valence-corrected chi connectivity index (χ3v) is 4.21. The summed E-state index contributed by atoms with van der Waals surface area (Å²) >= 11 is 5.89. The van der Waals surface area contributed by atoms with Crippen LogP contribution in [0, 0.1) is 0 Å². The number of aromatic nitrogens is 1. The third kappa shape index (κ3) is 3.48. The molecular weight excluding hydrogens is 284 g/mol. The number of hydrogen-bond acceptors (Lipinski definition) is 1. The molecule has 1 aromatic carbocycles. The smallest absolute Gasteiger partial charge is 0.227 e. The average molecular weight is 303 g/mol. The van der Waals surface area contributed by atoms with Crippen LogP contribution >= 0.6 is 11.6 Å². The summed E-state index contributed by atoms with van der Waals surface area (Å²) in [5.74, 6) is 0.195. The monoisotopic (exact) mass is 302 g/mol. The van der Waals surface area contributed by atoms with Gasteiger partial charge in [0.2, 0.25) is 5.91 Å². The van der Waals surface area contributed by atoms with Crippen LogP contribution in [-0.4, -0.2) is 21.4 Å². The number of hydrogen-bond donors (Lipinski definition) is 0. The lowest BCUT2D eigenvalue weighted by molar-refractivity contribution is -0.131. The molecule has 0 aliphatic heterocycles. The van der Waals surface area contributed by atoms with Crippen molar-refractivity contribution < 1.29 is 4.79 Å². The topological polar surface area (TPSA) is 25.2 Å². The van der Waals surface area contributed by atoms with Gasteiger partial charge >= 0.3 is 0 Å². The van der Waals surface area contributed by atoms with Crippen LogP contribution in [0.3, 0.4) is 0 Å². The zero-order valence-electron chi connectivity index (χ0n) is 12.1. The van der Waals surface area contributed by atoms with E-state index in [0.29, 0.717) is 24.0 Å². The second-order valence-electron chi connectivity index (χ2n) is 5.67. The van der Waals surface area contributed by atoms with Gasteiger partial charge in [-0.3, -0.25) is 4.79 Å². The number of nitrogens with zero attached hydrogens (tertiary/aromatic N) is 2. The molecule has 0 atom stereocenters.